The van der Waals surface area contributed by atoms with Gasteiger partial charge in [-0.3, -0.25) is 0 Å². The number of methoxy groups -OCH3 is 1. The Balaban J connectivity index is 2.05. The lowest BCUT2D eigenvalue weighted by atomic mass is 10.1. The number of aliphatic hydroxyl groups excluding tert-OH is 1. The van der Waals surface area contributed by atoms with Crippen molar-refractivity contribution in [3.63, 3.8) is 0 Å². The van der Waals surface area contributed by atoms with Gasteiger partial charge in [0.05, 0.1) is 7.11 Å². The molecule has 0 bridgehead atoms. The fourth-order valence-corrected chi connectivity index (χ4v) is 2.18. The lowest BCUT2D eigenvalue weighted by Gasteiger charge is -2.15. The highest BCUT2D eigenvalue weighted by Crippen LogP contribution is 2.31. The third kappa shape index (κ3) is 4.76. The minimum atomic E-state index is 0.197. The van der Waals surface area contributed by atoms with Gasteiger partial charge in [0, 0.05) is 18.7 Å². The van der Waals surface area contributed by atoms with E-state index in [4.69, 9.17) is 14.6 Å². The molecule has 0 aromatic heterocycles. The van der Waals surface area contributed by atoms with Gasteiger partial charge in [-0.15, -0.1) is 0 Å². The van der Waals surface area contributed by atoms with E-state index in [0.717, 1.165) is 35.6 Å². The fourth-order valence-electron chi connectivity index (χ4n) is 2.18. The van der Waals surface area contributed by atoms with Crippen LogP contribution in [0.5, 0.6) is 11.5 Å². The molecule has 4 nitrogen and oxygen atoms in total. The van der Waals surface area contributed by atoms with Gasteiger partial charge in [0.1, 0.15) is 6.61 Å². The average Bonchev–Trinajstić information content (AvgIpc) is 2.58. The first-order valence-corrected chi connectivity index (χ1v) is 7.49. The molecule has 2 N–H and O–H groups in total. The third-order valence-electron chi connectivity index (χ3n) is 3.33. The van der Waals surface area contributed by atoms with Crippen LogP contribution in [0.25, 0.3) is 0 Å². The Morgan fingerprint density at radius 3 is 2.59 bits per heavy atom. The summed E-state index contributed by atoms with van der Waals surface area (Å²) in [4.78, 5) is 0. The van der Waals surface area contributed by atoms with Crippen molar-refractivity contribution in [2.45, 2.75) is 19.6 Å². The van der Waals surface area contributed by atoms with E-state index >= 15 is 0 Å². The van der Waals surface area contributed by atoms with Crippen molar-refractivity contribution in [2.24, 2.45) is 0 Å². The summed E-state index contributed by atoms with van der Waals surface area (Å²) >= 11 is 0. The highest BCUT2D eigenvalue weighted by molar-refractivity contribution is 5.46. The van der Waals surface area contributed by atoms with Crippen molar-refractivity contribution >= 4 is 0 Å². The fraction of sp³-hybridized carbons (Fsp3) is 0.333. The van der Waals surface area contributed by atoms with Crippen molar-refractivity contribution in [1.82, 2.24) is 5.32 Å². The number of hydrogen-bond acceptors (Lipinski definition) is 4. The van der Waals surface area contributed by atoms with Gasteiger partial charge in [0.15, 0.2) is 11.5 Å². The lowest BCUT2D eigenvalue weighted by molar-refractivity contribution is 0.278. The minimum absolute atomic E-state index is 0.197. The molecule has 0 saturated carbocycles. The largest absolute Gasteiger partial charge is 0.493 e. The molecule has 0 saturated heterocycles. The topological polar surface area (TPSA) is 50.7 Å². The summed E-state index contributed by atoms with van der Waals surface area (Å²) in [6.07, 6.45) is 0.740. The monoisotopic (exact) mass is 301 g/mol. The van der Waals surface area contributed by atoms with E-state index in [0.29, 0.717) is 13.2 Å². The van der Waals surface area contributed by atoms with Gasteiger partial charge in [0.25, 0.3) is 0 Å². The van der Waals surface area contributed by atoms with E-state index in [1.54, 1.807) is 7.11 Å². The van der Waals surface area contributed by atoms with Crippen LogP contribution in [-0.2, 0) is 13.2 Å². The number of hydrogen-bond donors (Lipinski definition) is 2. The third-order valence-corrected chi connectivity index (χ3v) is 3.33. The van der Waals surface area contributed by atoms with E-state index in [-0.39, 0.29) is 6.61 Å². The van der Waals surface area contributed by atoms with Gasteiger partial charge >= 0.3 is 0 Å². The van der Waals surface area contributed by atoms with Crippen LogP contribution >= 0.6 is 0 Å². The molecule has 22 heavy (non-hydrogen) atoms. The standard InChI is InChI=1S/C18H23NO3/c1-21-17-10-5-9-16(13-19-11-6-12-20)18(17)22-14-15-7-3-2-4-8-15/h2-5,7-10,19-20H,6,11-14H2,1H3. The molecule has 0 fully saturated rings. The van der Waals surface area contributed by atoms with Crippen LogP contribution < -0.4 is 14.8 Å². The van der Waals surface area contributed by atoms with Crippen LogP contribution in [0.3, 0.4) is 0 Å². The summed E-state index contributed by atoms with van der Waals surface area (Å²) in [6, 6.07) is 15.9. The van der Waals surface area contributed by atoms with E-state index in [9.17, 15) is 0 Å². The van der Waals surface area contributed by atoms with Gasteiger partial charge in [-0.25, -0.2) is 0 Å². The van der Waals surface area contributed by atoms with E-state index < -0.39 is 0 Å². The molecule has 0 atom stereocenters. The van der Waals surface area contributed by atoms with Crippen LogP contribution in [0, 0.1) is 0 Å². The summed E-state index contributed by atoms with van der Waals surface area (Å²) in [6.45, 7) is 2.15. The molecule has 2 aromatic rings. The second-order valence-corrected chi connectivity index (χ2v) is 4.98. The zero-order valence-electron chi connectivity index (χ0n) is 12.9. The van der Waals surface area contributed by atoms with Gasteiger partial charge in [0.2, 0.25) is 0 Å². The zero-order valence-corrected chi connectivity index (χ0v) is 12.9. The molecule has 0 aliphatic carbocycles. The van der Waals surface area contributed by atoms with Crippen molar-refractivity contribution in [3.05, 3.63) is 59.7 Å². The molecule has 2 aromatic carbocycles. The quantitative estimate of drug-likeness (QED) is 0.699. The highest BCUT2D eigenvalue weighted by Gasteiger charge is 2.10. The van der Waals surface area contributed by atoms with Crippen LogP contribution in [0.1, 0.15) is 17.5 Å². The maximum atomic E-state index is 8.83. The Kier molecular flexibility index (Phi) is 6.74. The Bertz CT molecular complexity index is 558. The second kappa shape index (κ2) is 9.07. The molecule has 0 aliphatic rings. The maximum Gasteiger partial charge on any atom is 0.166 e. The number of para-hydroxylation sites is 1. The van der Waals surface area contributed by atoms with Crippen molar-refractivity contribution in [1.29, 1.82) is 0 Å². The van der Waals surface area contributed by atoms with Crippen LogP contribution in [-0.4, -0.2) is 25.4 Å². The zero-order chi connectivity index (χ0) is 15.6. The van der Waals surface area contributed by atoms with Crippen molar-refractivity contribution < 1.29 is 14.6 Å². The Morgan fingerprint density at radius 2 is 1.86 bits per heavy atom. The molecule has 2 rings (SSSR count). The van der Waals surface area contributed by atoms with E-state index in [1.807, 2.05) is 48.5 Å². The van der Waals surface area contributed by atoms with Gasteiger partial charge < -0.3 is 19.9 Å². The van der Waals surface area contributed by atoms with E-state index in [1.165, 1.54) is 0 Å². The molecular formula is C18H23NO3. The molecular weight excluding hydrogens is 278 g/mol. The molecule has 0 amide bonds. The van der Waals surface area contributed by atoms with E-state index in [2.05, 4.69) is 5.32 Å². The predicted octanol–water partition coefficient (Wildman–Crippen LogP) is 2.75. The summed E-state index contributed by atoms with van der Waals surface area (Å²) < 4.78 is 11.4. The summed E-state index contributed by atoms with van der Waals surface area (Å²) in [7, 11) is 1.65. The Hall–Kier alpha value is -2.04. The smallest absolute Gasteiger partial charge is 0.166 e. The number of nitrogens with one attached hydrogen (secondary N) is 1. The number of rotatable bonds is 9. The molecule has 4 heteroatoms. The summed E-state index contributed by atoms with van der Waals surface area (Å²) in [5.74, 6) is 1.50. The maximum absolute atomic E-state index is 8.83. The molecule has 0 radical (unpaired) electrons. The summed E-state index contributed by atoms with van der Waals surface area (Å²) in [5, 5.41) is 12.1. The normalized spacial score (nSPS) is 10.5. The molecule has 118 valence electrons. The molecule has 0 heterocycles. The highest BCUT2D eigenvalue weighted by atomic mass is 16.5. The Morgan fingerprint density at radius 1 is 1.05 bits per heavy atom. The van der Waals surface area contributed by atoms with Crippen LogP contribution in [0.2, 0.25) is 0 Å². The van der Waals surface area contributed by atoms with Crippen molar-refractivity contribution in [2.75, 3.05) is 20.3 Å². The van der Waals surface area contributed by atoms with Crippen LogP contribution in [0.4, 0.5) is 0 Å². The van der Waals surface area contributed by atoms with Crippen molar-refractivity contribution in [3.8, 4) is 11.5 Å². The first-order chi connectivity index (χ1) is 10.8. The average molecular weight is 301 g/mol. The van der Waals surface area contributed by atoms with Gasteiger partial charge in [-0.05, 0) is 24.6 Å². The lowest BCUT2D eigenvalue weighted by Crippen LogP contribution is -2.16. The number of aliphatic hydroxyl groups is 1. The number of benzene rings is 2. The SMILES string of the molecule is COc1cccc(CNCCCO)c1OCc1ccccc1. The molecule has 0 aliphatic heterocycles. The first kappa shape index (κ1) is 16.3. The second-order valence-electron chi connectivity index (χ2n) is 4.98. The Labute approximate surface area is 131 Å². The molecule has 0 unspecified atom stereocenters. The van der Waals surface area contributed by atoms with Crippen LogP contribution in [0.15, 0.2) is 48.5 Å². The first-order valence-electron chi connectivity index (χ1n) is 7.49. The predicted molar refractivity (Wildman–Crippen MR) is 87.2 cm³/mol. The van der Waals surface area contributed by atoms with Gasteiger partial charge in [-0.1, -0.05) is 42.5 Å². The minimum Gasteiger partial charge on any atom is -0.493 e. The summed E-state index contributed by atoms with van der Waals surface area (Å²) in [5.41, 5.74) is 2.17. The molecule has 0 spiro atoms. The number of ether oxygens (including phenoxy) is 2. The van der Waals surface area contributed by atoms with Gasteiger partial charge in [-0.2, -0.15) is 0 Å².